The molecular formula is C8H15F5O2. The molecule has 0 amide bonds. The lowest BCUT2D eigenvalue weighted by atomic mass is 10.2. The summed E-state index contributed by atoms with van der Waals surface area (Å²) in [5.41, 5.74) is 0. The molecule has 0 aromatic rings. The van der Waals surface area contributed by atoms with Gasteiger partial charge in [-0.15, -0.1) is 0 Å². The maximum atomic E-state index is 11.5. The summed E-state index contributed by atoms with van der Waals surface area (Å²) in [7, 11) is 0. The fraction of sp³-hybridized carbons (Fsp3) is 0.875. The number of aliphatic carboxylic acids is 1. The van der Waals surface area contributed by atoms with E-state index in [1.54, 1.807) is 0 Å². The van der Waals surface area contributed by atoms with Crippen molar-refractivity contribution in [1.82, 2.24) is 0 Å². The fourth-order valence-electron chi connectivity index (χ4n) is 0.200. The van der Waals surface area contributed by atoms with Crippen LogP contribution in [0.4, 0.5) is 22.0 Å². The summed E-state index contributed by atoms with van der Waals surface area (Å²) in [5.74, 6) is -5.35. The molecule has 0 radical (unpaired) electrons. The van der Waals surface area contributed by atoms with E-state index >= 15 is 0 Å². The zero-order valence-electron chi connectivity index (χ0n) is 8.95. The van der Waals surface area contributed by atoms with Crippen molar-refractivity contribution in [2.45, 2.75) is 46.2 Å². The molecule has 0 heterocycles. The minimum absolute atomic E-state index is 0.785. The molecule has 0 aliphatic heterocycles. The average Bonchev–Trinajstić information content (AvgIpc) is 2.05. The van der Waals surface area contributed by atoms with E-state index in [0.717, 1.165) is 13.8 Å². The van der Waals surface area contributed by atoms with Gasteiger partial charge in [0.2, 0.25) is 0 Å². The van der Waals surface area contributed by atoms with E-state index in [4.69, 9.17) is 9.90 Å². The summed E-state index contributed by atoms with van der Waals surface area (Å²) in [5, 5.41) is 7.42. The molecule has 15 heavy (non-hydrogen) atoms. The molecule has 0 aromatic carbocycles. The van der Waals surface area contributed by atoms with Crippen LogP contribution in [-0.4, -0.2) is 23.2 Å². The van der Waals surface area contributed by atoms with E-state index in [-0.39, 0.29) is 0 Å². The van der Waals surface area contributed by atoms with E-state index < -0.39 is 24.5 Å². The largest absolute Gasteiger partial charge is 0.481 e. The average molecular weight is 238 g/mol. The van der Waals surface area contributed by atoms with Crippen LogP contribution >= 0.6 is 0 Å². The van der Waals surface area contributed by atoms with Crippen molar-refractivity contribution >= 4 is 5.97 Å². The van der Waals surface area contributed by atoms with Gasteiger partial charge in [0.15, 0.2) is 0 Å². The molecule has 0 bridgehead atoms. The minimum atomic E-state index is -5.39. The molecule has 0 fully saturated rings. The Bertz CT molecular complexity index is 161. The van der Waals surface area contributed by atoms with Crippen LogP contribution in [0.2, 0.25) is 0 Å². The molecule has 0 rings (SSSR count). The first-order chi connectivity index (χ1) is 6.54. The van der Waals surface area contributed by atoms with Gasteiger partial charge < -0.3 is 5.11 Å². The Labute approximate surface area is 85.1 Å². The van der Waals surface area contributed by atoms with Crippen LogP contribution in [0, 0.1) is 0 Å². The van der Waals surface area contributed by atoms with Crippen LogP contribution in [-0.2, 0) is 4.79 Å². The number of hydrogen-bond acceptors (Lipinski definition) is 1. The highest BCUT2D eigenvalue weighted by atomic mass is 19.4. The van der Waals surface area contributed by atoms with Gasteiger partial charge in [-0.25, -0.2) is 0 Å². The fourth-order valence-corrected chi connectivity index (χ4v) is 0.200. The minimum Gasteiger partial charge on any atom is -0.481 e. The molecule has 0 aromatic heterocycles. The van der Waals surface area contributed by atoms with Gasteiger partial charge in [-0.1, -0.05) is 20.8 Å². The summed E-state index contributed by atoms with van der Waals surface area (Å²) in [6.45, 7) is 5.87. The summed E-state index contributed by atoms with van der Waals surface area (Å²) < 4.78 is 56.3. The number of rotatable bonds is 1. The molecule has 0 aliphatic rings. The topological polar surface area (TPSA) is 37.3 Å². The van der Waals surface area contributed by atoms with Gasteiger partial charge in [-0.2, -0.15) is 22.0 Å². The van der Waals surface area contributed by atoms with Gasteiger partial charge in [-0.05, 0) is 0 Å². The second kappa shape index (κ2) is 8.43. The molecule has 0 unspecified atom stereocenters. The Morgan fingerprint density at radius 2 is 1.33 bits per heavy atom. The molecule has 0 spiro atoms. The van der Waals surface area contributed by atoms with Gasteiger partial charge in [0.25, 0.3) is 5.97 Å². The first-order valence-electron chi connectivity index (χ1n) is 4.18. The Morgan fingerprint density at radius 1 is 1.13 bits per heavy atom. The first-order valence-corrected chi connectivity index (χ1v) is 4.18. The number of halogens is 5. The summed E-state index contributed by atoms with van der Waals surface area (Å²) >= 11 is 0. The van der Waals surface area contributed by atoms with Crippen LogP contribution in [0.1, 0.15) is 34.1 Å². The van der Waals surface area contributed by atoms with E-state index in [2.05, 4.69) is 0 Å². The Balaban J connectivity index is -0.000000202. The van der Waals surface area contributed by atoms with Crippen molar-refractivity contribution in [3.05, 3.63) is 0 Å². The zero-order valence-corrected chi connectivity index (χ0v) is 8.95. The van der Waals surface area contributed by atoms with Gasteiger partial charge in [0, 0.05) is 13.3 Å². The standard InChI is InChI=1S/C4H5F5.C2H4O2.C2H6/c1-2-3(5,6)4(7,8)9;1-2(3)4;1-2/h2H2,1H3;1H3,(H,3,4);1-2H3. The molecule has 1 N–H and O–H groups in total. The SMILES string of the molecule is CC.CC(=O)O.CCC(F)(F)C(F)(F)F. The highest BCUT2D eigenvalue weighted by Gasteiger charge is 2.55. The van der Waals surface area contributed by atoms with E-state index in [1.165, 1.54) is 0 Å². The summed E-state index contributed by atoms with van der Waals surface area (Å²) in [6, 6.07) is 0. The van der Waals surface area contributed by atoms with E-state index in [0.29, 0.717) is 0 Å². The lowest BCUT2D eigenvalue weighted by Crippen LogP contribution is -2.35. The van der Waals surface area contributed by atoms with E-state index in [1.807, 2.05) is 13.8 Å². The quantitative estimate of drug-likeness (QED) is 0.707. The maximum Gasteiger partial charge on any atom is 0.453 e. The van der Waals surface area contributed by atoms with Crippen LogP contribution in [0.5, 0.6) is 0 Å². The summed E-state index contributed by atoms with van der Waals surface area (Å²) in [4.78, 5) is 9.00. The highest BCUT2D eigenvalue weighted by Crippen LogP contribution is 2.37. The van der Waals surface area contributed by atoms with Crippen molar-refractivity contribution < 1.29 is 31.9 Å². The third-order valence-corrected chi connectivity index (χ3v) is 0.859. The summed E-state index contributed by atoms with van der Waals surface area (Å²) in [6.07, 6.45) is -6.59. The Morgan fingerprint density at radius 3 is 1.33 bits per heavy atom. The molecule has 94 valence electrons. The second-order valence-electron chi connectivity index (χ2n) is 2.07. The lowest BCUT2D eigenvalue weighted by molar-refractivity contribution is -0.282. The van der Waals surface area contributed by atoms with Gasteiger partial charge >= 0.3 is 12.1 Å². The van der Waals surface area contributed by atoms with Crippen molar-refractivity contribution in [2.24, 2.45) is 0 Å². The first kappa shape index (κ1) is 19.7. The normalized spacial score (nSPS) is 10.5. The number of carboxylic acids is 1. The van der Waals surface area contributed by atoms with Gasteiger partial charge in [0.05, 0.1) is 0 Å². The lowest BCUT2D eigenvalue weighted by Gasteiger charge is -2.16. The monoisotopic (exact) mass is 238 g/mol. The van der Waals surface area contributed by atoms with Crippen LogP contribution in [0.3, 0.4) is 0 Å². The maximum absolute atomic E-state index is 11.5. The molecule has 0 saturated heterocycles. The van der Waals surface area contributed by atoms with Crippen molar-refractivity contribution in [3.8, 4) is 0 Å². The second-order valence-corrected chi connectivity index (χ2v) is 2.07. The van der Waals surface area contributed by atoms with Crippen molar-refractivity contribution in [3.63, 3.8) is 0 Å². The smallest absolute Gasteiger partial charge is 0.453 e. The molecule has 0 atom stereocenters. The van der Waals surface area contributed by atoms with E-state index in [9.17, 15) is 22.0 Å². The van der Waals surface area contributed by atoms with Crippen molar-refractivity contribution in [2.75, 3.05) is 0 Å². The Hall–Kier alpha value is -0.880. The Kier molecular flexibility index (Phi) is 11.0. The van der Waals surface area contributed by atoms with Gasteiger partial charge in [0.1, 0.15) is 0 Å². The number of carboxylic acid groups (broad SMARTS) is 1. The molecule has 2 nitrogen and oxygen atoms in total. The third kappa shape index (κ3) is 13.1. The van der Waals surface area contributed by atoms with Gasteiger partial charge in [-0.3, -0.25) is 4.79 Å². The zero-order chi connectivity index (χ0) is 13.3. The third-order valence-electron chi connectivity index (χ3n) is 0.859. The predicted molar refractivity (Wildman–Crippen MR) is 46.0 cm³/mol. The van der Waals surface area contributed by atoms with Crippen molar-refractivity contribution in [1.29, 1.82) is 0 Å². The van der Waals surface area contributed by atoms with Crippen LogP contribution in [0.25, 0.3) is 0 Å². The molecular weight excluding hydrogens is 223 g/mol. The van der Waals surface area contributed by atoms with Crippen LogP contribution < -0.4 is 0 Å². The predicted octanol–water partition coefficient (Wildman–Crippen LogP) is 3.71. The number of carbonyl (C=O) groups is 1. The molecule has 0 aliphatic carbocycles. The molecule has 7 heteroatoms. The highest BCUT2D eigenvalue weighted by molar-refractivity contribution is 5.62. The number of hydrogen-bond donors (Lipinski definition) is 1. The van der Waals surface area contributed by atoms with Crippen LogP contribution in [0.15, 0.2) is 0 Å². The molecule has 0 saturated carbocycles. The number of alkyl halides is 5.